The van der Waals surface area contributed by atoms with Crippen LogP contribution < -0.4 is 9.64 Å². The van der Waals surface area contributed by atoms with Gasteiger partial charge in [0.25, 0.3) is 5.91 Å². The standard InChI is InChI=1S/C31H35N3O5S/c1-19-3-8-27(39-17-24-7-4-21(14-20(24)2)29(35)33-9-11-38-12-10-33)25(13-19)26-18-40-31(32-26)34-15-22-5-6-23(16-34)28(22)30(36)37/h3-4,7-8,13-14,18,22-23,28H,5-6,9-12,15-17H2,1-2H3,(H,36,37)/t22-,23+,28+. The quantitative estimate of drug-likeness (QED) is 0.433. The Morgan fingerprint density at radius 1 is 1.07 bits per heavy atom. The van der Waals surface area contributed by atoms with E-state index in [0.717, 1.165) is 64.8 Å². The number of nitrogens with zero attached hydrogens (tertiary/aromatic N) is 3. The number of thiazole rings is 1. The van der Waals surface area contributed by atoms with Gasteiger partial charge < -0.3 is 24.4 Å². The van der Waals surface area contributed by atoms with Crippen molar-refractivity contribution >= 4 is 28.3 Å². The van der Waals surface area contributed by atoms with E-state index in [1.165, 1.54) is 0 Å². The maximum atomic E-state index is 12.9. The highest BCUT2D eigenvalue weighted by Gasteiger charge is 2.46. The molecule has 2 aromatic carbocycles. The van der Waals surface area contributed by atoms with Gasteiger partial charge in [0.05, 0.1) is 24.8 Å². The van der Waals surface area contributed by atoms with Crippen molar-refractivity contribution < 1.29 is 24.2 Å². The van der Waals surface area contributed by atoms with Gasteiger partial charge in [-0.25, -0.2) is 4.98 Å². The van der Waals surface area contributed by atoms with Crippen LogP contribution in [-0.4, -0.2) is 66.3 Å². The molecule has 210 valence electrons. The first-order valence-corrected chi connectivity index (χ1v) is 14.9. The van der Waals surface area contributed by atoms with Gasteiger partial charge in [0.1, 0.15) is 12.4 Å². The van der Waals surface area contributed by atoms with Crippen LogP contribution in [-0.2, 0) is 16.1 Å². The van der Waals surface area contributed by atoms with Crippen LogP contribution in [0, 0.1) is 31.6 Å². The summed E-state index contributed by atoms with van der Waals surface area (Å²) in [5.74, 6) is 0.323. The van der Waals surface area contributed by atoms with E-state index in [9.17, 15) is 14.7 Å². The Morgan fingerprint density at radius 2 is 1.82 bits per heavy atom. The highest BCUT2D eigenvalue weighted by Crippen LogP contribution is 2.44. The van der Waals surface area contributed by atoms with E-state index in [1.807, 2.05) is 42.2 Å². The second kappa shape index (κ2) is 11.2. The lowest BCUT2D eigenvalue weighted by Crippen LogP contribution is -2.44. The first-order valence-electron chi connectivity index (χ1n) is 14.0. The highest BCUT2D eigenvalue weighted by atomic mass is 32.1. The van der Waals surface area contributed by atoms with Crippen LogP contribution in [0.2, 0.25) is 0 Å². The van der Waals surface area contributed by atoms with Crippen molar-refractivity contribution in [2.45, 2.75) is 33.3 Å². The van der Waals surface area contributed by atoms with Crippen LogP contribution in [0.4, 0.5) is 5.13 Å². The molecule has 2 saturated heterocycles. The molecule has 0 radical (unpaired) electrons. The number of carboxylic acid groups (broad SMARTS) is 1. The van der Waals surface area contributed by atoms with Gasteiger partial charge in [-0.3, -0.25) is 9.59 Å². The first kappa shape index (κ1) is 26.8. The number of carboxylic acids is 1. The number of anilines is 1. The molecule has 2 bridgehead atoms. The predicted octanol–water partition coefficient (Wildman–Crippen LogP) is 5.03. The smallest absolute Gasteiger partial charge is 0.307 e. The molecule has 3 heterocycles. The summed E-state index contributed by atoms with van der Waals surface area (Å²) < 4.78 is 11.7. The lowest BCUT2D eigenvalue weighted by Gasteiger charge is -2.35. The number of aryl methyl sites for hydroxylation is 2. The summed E-state index contributed by atoms with van der Waals surface area (Å²) in [4.78, 5) is 33.7. The fraction of sp³-hybridized carbons (Fsp3) is 0.452. The second-order valence-electron chi connectivity index (χ2n) is 11.2. The molecule has 1 saturated carbocycles. The van der Waals surface area contributed by atoms with Crippen molar-refractivity contribution in [3.8, 4) is 17.0 Å². The average molecular weight is 562 g/mol. The maximum Gasteiger partial charge on any atom is 0.307 e. The summed E-state index contributed by atoms with van der Waals surface area (Å²) in [6.45, 7) is 8.37. The lowest BCUT2D eigenvalue weighted by molar-refractivity contribution is -0.144. The van der Waals surface area contributed by atoms with E-state index in [-0.39, 0.29) is 23.7 Å². The van der Waals surface area contributed by atoms with Gasteiger partial charge in [-0.2, -0.15) is 0 Å². The number of morpholine rings is 1. The molecule has 1 amide bonds. The Morgan fingerprint density at radius 3 is 2.52 bits per heavy atom. The molecule has 1 aromatic heterocycles. The second-order valence-corrected chi connectivity index (χ2v) is 12.1. The summed E-state index contributed by atoms with van der Waals surface area (Å²) in [6.07, 6.45) is 1.96. The van der Waals surface area contributed by atoms with E-state index in [2.05, 4.69) is 23.3 Å². The van der Waals surface area contributed by atoms with Crippen LogP contribution in [0.3, 0.4) is 0 Å². The molecule has 3 atom stereocenters. The number of aromatic nitrogens is 1. The minimum atomic E-state index is -0.651. The number of piperidine rings is 1. The van der Waals surface area contributed by atoms with Crippen molar-refractivity contribution in [1.29, 1.82) is 0 Å². The van der Waals surface area contributed by atoms with E-state index < -0.39 is 5.97 Å². The third kappa shape index (κ3) is 5.32. The Kier molecular flexibility index (Phi) is 7.51. The molecule has 2 aliphatic heterocycles. The molecule has 3 aliphatic rings. The van der Waals surface area contributed by atoms with Gasteiger partial charge in [0.15, 0.2) is 5.13 Å². The SMILES string of the molecule is Cc1ccc(OCc2ccc(C(=O)N3CCOCC3)cc2C)c(-c2csc(N3C[C@H]4CC[C@@H](C3)[C@H]4C(=O)O)n2)c1. The maximum absolute atomic E-state index is 12.9. The number of hydrogen-bond acceptors (Lipinski definition) is 7. The van der Waals surface area contributed by atoms with Crippen molar-refractivity contribution in [3.05, 3.63) is 64.0 Å². The van der Waals surface area contributed by atoms with Gasteiger partial charge in [-0.05, 0) is 73.9 Å². The number of hydrogen-bond donors (Lipinski definition) is 1. The summed E-state index contributed by atoms with van der Waals surface area (Å²) in [5.41, 5.74) is 5.68. The summed E-state index contributed by atoms with van der Waals surface area (Å²) in [7, 11) is 0. The molecule has 40 heavy (non-hydrogen) atoms. The molecule has 1 N–H and O–H groups in total. The molecule has 9 heteroatoms. The molecule has 8 nitrogen and oxygen atoms in total. The minimum Gasteiger partial charge on any atom is -0.488 e. The fourth-order valence-corrected chi connectivity index (χ4v) is 7.23. The van der Waals surface area contributed by atoms with Crippen LogP contribution in [0.5, 0.6) is 5.75 Å². The normalized spacial score (nSPS) is 22.4. The molecule has 3 fully saturated rings. The molecule has 0 spiro atoms. The summed E-state index contributed by atoms with van der Waals surface area (Å²) in [5, 5.41) is 12.7. The van der Waals surface area contributed by atoms with Gasteiger partial charge in [0.2, 0.25) is 0 Å². The number of fused-ring (bicyclic) bond motifs is 2. The zero-order chi connectivity index (χ0) is 27.8. The van der Waals surface area contributed by atoms with Gasteiger partial charge in [-0.15, -0.1) is 11.3 Å². The Labute approximate surface area is 238 Å². The van der Waals surface area contributed by atoms with Crippen molar-refractivity contribution in [3.63, 3.8) is 0 Å². The number of carbonyl (C=O) groups is 2. The number of amides is 1. The van der Waals surface area contributed by atoms with E-state index in [1.54, 1.807) is 11.3 Å². The van der Waals surface area contributed by atoms with Crippen LogP contribution in [0.15, 0.2) is 41.8 Å². The largest absolute Gasteiger partial charge is 0.488 e. The van der Waals surface area contributed by atoms with Gasteiger partial charge in [0, 0.05) is 42.7 Å². The molecule has 1 aliphatic carbocycles. The number of benzene rings is 2. The molecule has 3 aromatic rings. The third-order valence-corrected chi connectivity index (χ3v) is 9.46. The number of carbonyl (C=O) groups excluding carboxylic acids is 1. The third-order valence-electron chi connectivity index (χ3n) is 8.56. The topological polar surface area (TPSA) is 92.2 Å². The number of rotatable bonds is 7. The monoisotopic (exact) mass is 561 g/mol. The fourth-order valence-electron chi connectivity index (χ4n) is 6.38. The molecular formula is C31H35N3O5S. The van der Waals surface area contributed by atoms with Crippen LogP contribution in [0.1, 0.15) is 39.9 Å². The minimum absolute atomic E-state index is 0.0409. The van der Waals surface area contributed by atoms with Crippen molar-refractivity contribution in [2.24, 2.45) is 17.8 Å². The number of ether oxygens (including phenoxy) is 2. The molecular weight excluding hydrogens is 526 g/mol. The van der Waals surface area contributed by atoms with Crippen LogP contribution in [0.25, 0.3) is 11.3 Å². The highest BCUT2D eigenvalue weighted by molar-refractivity contribution is 7.14. The van der Waals surface area contributed by atoms with Crippen molar-refractivity contribution in [1.82, 2.24) is 9.88 Å². The van der Waals surface area contributed by atoms with Gasteiger partial charge in [-0.1, -0.05) is 17.7 Å². The summed E-state index contributed by atoms with van der Waals surface area (Å²) >= 11 is 1.61. The van der Waals surface area contributed by atoms with Crippen molar-refractivity contribution in [2.75, 3.05) is 44.3 Å². The average Bonchev–Trinajstić information content (AvgIpc) is 3.55. The predicted molar refractivity (Wildman–Crippen MR) is 154 cm³/mol. The zero-order valence-electron chi connectivity index (χ0n) is 23.0. The Balaban J connectivity index is 1.16. The van der Waals surface area contributed by atoms with Crippen LogP contribution >= 0.6 is 11.3 Å². The Hall–Kier alpha value is -3.43. The van der Waals surface area contributed by atoms with E-state index >= 15 is 0 Å². The van der Waals surface area contributed by atoms with E-state index in [4.69, 9.17) is 14.5 Å². The summed E-state index contributed by atoms with van der Waals surface area (Å²) in [6, 6.07) is 11.9. The number of aliphatic carboxylic acids is 1. The lowest BCUT2D eigenvalue weighted by atomic mass is 9.85. The molecule has 6 rings (SSSR count). The molecule has 0 unspecified atom stereocenters. The van der Waals surface area contributed by atoms with Gasteiger partial charge >= 0.3 is 5.97 Å². The van der Waals surface area contributed by atoms with E-state index in [0.29, 0.717) is 38.5 Å². The Bertz CT molecular complexity index is 1400. The zero-order valence-corrected chi connectivity index (χ0v) is 23.8. The first-order chi connectivity index (χ1) is 19.4.